The summed E-state index contributed by atoms with van der Waals surface area (Å²) in [5.41, 5.74) is -3.05. The van der Waals surface area contributed by atoms with Crippen LogP contribution in [-0.4, -0.2) is 56.4 Å². The Labute approximate surface area is 141 Å². The van der Waals surface area contributed by atoms with Crippen LogP contribution in [-0.2, 0) is 19.0 Å². The lowest BCUT2D eigenvalue weighted by atomic mass is 9.82. The molecule has 2 saturated heterocycles. The van der Waals surface area contributed by atoms with Crippen molar-refractivity contribution >= 4 is 5.97 Å². The maximum Gasteiger partial charge on any atom is 0.330 e. The van der Waals surface area contributed by atoms with E-state index in [0.29, 0.717) is 6.42 Å². The van der Waals surface area contributed by atoms with E-state index in [-0.39, 0.29) is 25.2 Å². The Morgan fingerprint density at radius 1 is 1.48 bits per heavy atom. The minimum atomic E-state index is -2.23. The third-order valence-electron chi connectivity index (χ3n) is 4.64. The fourth-order valence-corrected chi connectivity index (χ4v) is 3.30. The Kier molecular flexibility index (Phi) is 4.31. The molecule has 3 N–H and O–H groups in total. The summed E-state index contributed by atoms with van der Waals surface area (Å²) in [4.78, 5) is 36.9. The molecule has 1 aromatic heterocycles. The van der Waals surface area contributed by atoms with Crippen LogP contribution in [0.4, 0.5) is 0 Å². The summed E-state index contributed by atoms with van der Waals surface area (Å²) >= 11 is 0. The zero-order valence-electron chi connectivity index (χ0n) is 13.9. The van der Waals surface area contributed by atoms with Gasteiger partial charge in [0.25, 0.3) is 5.56 Å². The first kappa shape index (κ1) is 17.8. The molecule has 3 rings (SSSR count). The lowest BCUT2D eigenvalue weighted by molar-refractivity contribution is -0.328. The Balaban J connectivity index is 2.05. The number of carbonyl (C=O) groups excluding carboxylic acids is 1. The monoisotopic (exact) mass is 356 g/mol. The molecule has 1 aromatic rings. The van der Waals surface area contributed by atoms with Crippen LogP contribution in [0.25, 0.3) is 0 Å². The molecule has 10 nitrogen and oxygen atoms in total. The molecule has 4 atom stereocenters. The van der Waals surface area contributed by atoms with Crippen molar-refractivity contribution in [2.45, 2.75) is 50.4 Å². The van der Waals surface area contributed by atoms with Crippen LogP contribution in [0, 0.1) is 6.92 Å². The lowest BCUT2D eigenvalue weighted by Gasteiger charge is -2.43. The average Bonchev–Trinajstić information content (AvgIpc) is 2.77. The van der Waals surface area contributed by atoms with Crippen LogP contribution >= 0.6 is 0 Å². The molecular weight excluding hydrogens is 336 g/mol. The molecule has 0 aliphatic carbocycles. The number of aromatic nitrogens is 2. The summed E-state index contributed by atoms with van der Waals surface area (Å²) in [6.07, 6.45) is -0.725. The molecule has 0 radical (unpaired) electrons. The molecule has 0 aromatic carbocycles. The molecule has 0 amide bonds. The second-order valence-corrected chi connectivity index (χ2v) is 6.33. The minimum Gasteiger partial charge on any atom is -0.463 e. The first-order chi connectivity index (χ1) is 11.7. The number of H-pyrrole nitrogens is 1. The van der Waals surface area contributed by atoms with Crippen LogP contribution < -0.4 is 11.2 Å². The maximum absolute atomic E-state index is 12.2. The molecular formula is C15H20N2O8. The number of aromatic amines is 1. The van der Waals surface area contributed by atoms with E-state index in [1.165, 1.54) is 20.0 Å². The van der Waals surface area contributed by atoms with Gasteiger partial charge in [-0.3, -0.25) is 19.1 Å². The van der Waals surface area contributed by atoms with Gasteiger partial charge in [0.1, 0.15) is 12.7 Å². The summed E-state index contributed by atoms with van der Waals surface area (Å²) in [5.74, 6) is -2.81. The molecule has 2 aliphatic heterocycles. The van der Waals surface area contributed by atoms with Gasteiger partial charge in [0.2, 0.25) is 5.79 Å². The van der Waals surface area contributed by atoms with Crippen LogP contribution in [0.15, 0.2) is 15.8 Å². The quantitative estimate of drug-likeness (QED) is 0.558. The highest BCUT2D eigenvalue weighted by Crippen LogP contribution is 2.50. The van der Waals surface area contributed by atoms with Crippen molar-refractivity contribution in [3.8, 4) is 0 Å². The van der Waals surface area contributed by atoms with Gasteiger partial charge in [-0.25, -0.2) is 4.79 Å². The van der Waals surface area contributed by atoms with E-state index in [1.54, 1.807) is 0 Å². The van der Waals surface area contributed by atoms with Gasteiger partial charge < -0.3 is 24.4 Å². The third kappa shape index (κ3) is 2.71. The van der Waals surface area contributed by atoms with Gasteiger partial charge in [-0.15, -0.1) is 0 Å². The largest absolute Gasteiger partial charge is 0.463 e. The number of hydrogen-bond donors (Lipinski definition) is 3. The van der Waals surface area contributed by atoms with Crippen molar-refractivity contribution in [1.29, 1.82) is 0 Å². The van der Waals surface area contributed by atoms with E-state index in [9.17, 15) is 24.6 Å². The highest BCUT2D eigenvalue weighted by Gasteiger charge is 2.69. The van der Waals surface area contributed by atoms with Gasteiger partial charge >= 0.3 is 11.7 Å². The maximum atomic E-state index is 12.2. The predicted octanol–water partition coefficient (Wildman–Crippen LogP) is -1.46. The van der Waals surface area contributed by atoms with E-state index >= 15 is 0 Å². The van der Waals surface area contributed by atoms with Gasteiger partial charge in [0.05, 0.1) is 6.61 Å². The molecule has 0 unspecified atom stereocenters. The molecule has 0 spiro atoms. The first-order valence-corrected chi connectivity index (χ1v) is 7.88. The smallest absolute Gasteiger partial charge is 0.330 e. The Hall–Kier alpha value is -2.01. The Morgan fingerprint density at radius 2 is 2.20 bits per heavy atom. The number of aliphatic hydroxyl groups is 2. The van der Waals surface area contributed by atoms with E-state index < -0.39 is 40.9 Å². The SMILES string of the molecule is CC(=O)OC[C@H]1O[C@@H](n2cc(C)c(=O)[nH]c2=O)[C@@]2(O)OCCC[C@@]12O. The summed E-state index contributed by atoms with van der Waals surface area (Å²) in [6, 6.07) is 0. The summed E-state index contributed by atoms with van der Waals surface area (Å²) in [6.45, 7) is 2.52. The molecule has 10 heteroatoms. The average molecular weight is 356 g/mol. The number of nitrogens with zero attached hydrogens (tertiary/aromatic N) is 1. The number of esters is 1. The molecule has 2 fully saturated rings. The number of nitrogens with one attached hydrogen (secondary N) is 1. The molecule has 2 aliphatic rings. The third-order valence-corrected chi connectivity index (χ3v) is 4.64. The van der Waals surface area contributed by atoms with Crippen molar-refractivity contribution in [1.82, 2.24) is 9.55 Å². The lowest BCUT2D eigenvalue weighted by Crippen LogP contribution is -2.63. The van der Waals surface area contributed by atoms with E-state index in [0.717, 1.165) is 4.57 Å². The van der Waals surface area contributed by atoms with Crippen molar-refractivity contribution < 1.29 is 29.2 Å². The second kappa shape index (κ2) is 6.06. The van der Waals surface area contributed by atoms with E-state index in [4.69, 9.17) is 14.2 Å². The van der Waals surface area contributed by atoms with Crippen LogP contribution in [0.3, 0.4) is 0 Å². The number of rotatable bonds is 3. The van der Waals surface area contributed by atoms with Gasteiger partial charge in [-0.05, 0) is 19.8 Å². The number of hydrogen-bond acceptors (Lipinski definition) is 8. The van der Waals surface area contributed by atoms with Gasteiger partial charge in [-0.2, -0.15) is 0 Å². The standard InChI is InChI=1S/C15H20N2O8/c1-8-6-17(13(20)16-11(8)19)12-15(22)14(21,4-3-5-24-15)10(25-12)7-23-9(2)18/h6,10,12,21-22H,3-5,7H2,1-2H3,(H,16,19,20)/t10-,12-,14-,15-/m1/s1. The number of ether oxygens (including phenoxy) is 3. The Morgan fingerprint density at radius 3 is 2.88 bits per heavy atom. The van der Waals surface area contributed by atoms with Gasteiger partial charge in [-0.1, -0.05) is 0 Å². The first-order valence-electron chi connectivity index (χ1n) is 7.88. The fraction of sp³-hybridized carbons (Fsp3) is 0.667. The Bertz CT molecular complexity index is 801. The summed E-state index contributed by atoms with van der Waals surface area (Å²) in [7, 11) is 0. The fourth-order valence-electron chi connectivity index (χ4n) is 3.30. The molecule has 0 saturated carbocycles. The van der Waals surface area contributed by atoms with Crippen LogP contribution in [0.5, 0.6) is 0 Å². The molecule has 138 valence electrons. The van der Waals surface area contributed by atoms with Gasteiger partial charge in [0, 0.05) is 18.7 Å². The summed E-state index contributed by atoms with van der Waals surface area (Å²) in [5, 5.41) is 22.0. The van der Waals surface area contributed by atoms with Crippen molar-refractivity contribution in [2.75, 3.05) is 13.2 Å². The normalized spacial score (nSPS) is 34.6. The van der Waals surface area contributed by atoms with Crippen LogP contribution in [0.1, 0.15) is 31.6 Å². The predicted molar refractivity (Wildman–Crippen MR) is 81.7 cm³/mol. The van der Waals surface area contributed by atoms with Crippen molar-refractivity contribution in [3.05, 3.63) is 32.6 Å². The van der Waals surface area contributed by atoms with Crippen molar-refractivity contribution in [2.24, 2.45) is 0 Å². The van der Waals surface area contributed by atoms with Crippen molar-refractivity contribution in [3.63, 3.8) is 0 Å². The zero-order valence-corrected chi connectivity index (χ0v) is 13.9. The molecule has 3 heterocycles. The van der Waals surface area contributed by atoms with E-state index in [2.05, 4.69) is 4.98 Å². The van der Waals surface area contributed by atoms with Crippen LogP contribution in [0.2, 0.25) is 0 Å². The minimum absolute atomic E-state index is 0.128. The topological polar surface area (TPSA) is 140 Å². The zero-order chi connectivity index (χ0) is 18.4. The van der Waals surface area contributed by atoms with Gasteiger partial charge in [0.15, 0.2) is 11.8 Å². The molecule has 0 bridgehead atoms. The second-order valence-electron chi connectivity index (χ2n) is 6.33. The number of fused-ring (bicyclic) bond motifs is 1. The highest BCUT2D eigenvalue weighted by molar-refractivity contribution is 5.65. The number of carbonyl (C=O) groups is 1. The summed E-state index contributed by atoms with van der Waals surface area (Å²) < 4.78 is 16.9. The highest BCUT2D eigenvalue weighted by atomic mass is 16.7. The number of aryl methyl sites for hydroxylation is 1. The molecule has 25 heavy (non-hydrogen) atoms. The van der Waals surface area contributed by atoms with E-state index in [1.807, 2.05) is 0 Å².